The van der Waals surface area contributed by atoms with Crippen LogP contribution in [0.15, 0.2) is 30.6 Å². The highest BCUT2D eigenvalue weighted by Crippen LogP contribution is 2.18. The van der Waals surface area contributed by atoms with Gasteiger partial charge in [0.15, 0.2) is 0 Å². The number of aromatic amines is 1. The van der Waals surface area contributed by atoms with Crippen molar-refractivity contribution in [3.05, 3.63) is 57.9 Å². The first-order chi connectivity index (χ1) is 9.58. The summed E-state index contributed by atoms with van der Waals surface area (Å²) in [6.07, 6.45) is 3.77. The average molecular weight is 278 g/mol. The van der Waals surface area contributed by atoms with Crippen molar-refractivity contribution in [2.75, 3.05) is 6.54 Å². The molecule has 0 spiro atoms. The van der Waals surface area contributed by atoms with E-state index in [1.807, 2.05) is 0 Å². The lowest BCUT2D eigenvalue weighted by Crippen LogP contribution is -2.26. The summed E-state index contributed by atoms with van der Waals surface area (Å²) in [5.41, 5.74) is -0.679. The van der Waals surface area contributed by atoms with Gasteiger partial charge in [-0.15, -0.1) is 0 Å². The molecule has 1 aromatic carbocycles. The molecule has 1 aromatic heterocycles. The van der Waals surface area contributed by atoms with E-state index in [1.165, 1.54) is 6.07 Å². The van der Waals surface area contributed by atoms with E-state index in [2.05, 4.69) is 15.3 Å². The molecule has 7 nitrogen and oxygen atoms in total. The minimum absolute atomic E-state index is 0.0394. The number of rotatable bonds is 5. The van der Waals surface area contributed by atoms with E-state index in [0.717, 1.165) is 18.0 Å². The van der Waals surface area contributed by atoms with Crippen molar-refractivity contribution >= 4 is 11.6 Å². The largest absolute Gasteiger partial charge is 0.352 e. The maximum absolute atomic E-state index is 13.1. The Labute approximate surface area is 113 Å². The zero-order chi connectivity index (χ0) is 14.5. The smallest absolute Gasteiger partial charge is 0.305 e. The van der Waals surface area contributed by atoms with E-state index in [1.54, 1.807) is 12.4 Å². The Kier molecular flexibility index (Phi) is 4.04. The van der Waals surface area contributed by atoms with Crippen LogP contribution in [0.3, 0.4) is 0 Å². The maximum atomic E-state index is 13.1. The predicted octanol–water partition coefficient (Wildman–Crippen LogP) is 1.43. The topological polar surface area (TPSA) is 101 Å². The highest BCUT2D eigenvalue weighted by molar-refractivity contribution is 5.94. The van der Waals surface area contributed by atoms with E-state index in [-0.39, 0.29) is 5.56 Å². The normalized spacial score (nSPS) is 10.2. The number of H-pyrrole nitrogens is 1. The Morgan fingerprint density at radius 2 is 2.30 bits per heavy atom. The standard InChI is InChI=1S/C12H11FN4O3/c13-9-2-1-8(7-10(9)17(19)20)12(18)16-4-3-11-14-5-6-15-11/h1-2,5-7H,3-4H2,(H,14,15)(H,16,18). The van der Waals surface area contributed by atoms with Gasteiger partial charge in [-0.25, -0.2) is 4.98 Å². The van der Waals surface area contributed by atoms with Crippen molar-refractivity contribution in [1.82, 2.24) is 15.3 Å². The maximum Gasteiger partial charge on any atom is 0.305 e. The Morgan fingerprint density at radius 3 is 2.95 bits per heavy atom. The third kappa shape index (κ3) is 3.16. The number of benzene rings is 1. The van der Waals surface area contributed by atoms with Gasteiger partial charge in [-0.2, -0.15) is 4.39 Å². The third-order valence-corrected chi connectivity index (χ3v) is 2.61. The number of nitro groups is 1. The molecule has 8 heteroatoms. The second kappa shape index (κ2) is 5.91. The summed E-state index contributed by atoms with van der Waals surface area (Å²) in [7, 11) is 0. The van der Waals surface area contributed by atoms with Gasteiger partial charge in [0.25, 0.3) is 5.91 Å². The fraction of sp³-hybridized carbons (Fsp3) is 0.167. The van der Waals surface area contributed by atoms with E-state index in [4.69, 9.17) is 0 Å². The molecule has 0 unspecified atom stereocenters. The molecule has 0 aliphatic heterocycles. The summed E-state index contributed by atoms with van der Waals surface area (Å²) >= 11 is 0. The van der Waals surface area contributed by atoms with E-state index >= 15 is 0 Å². The first-order valence-corrected chi connectivity index (χ1v) is 5.78. The SMILES string of the molecule is O=C(NCCc1ncc[nH]1)c1ccc(F)c([N+](=O)[O-])c1. The van der Waals surface area contributed by atoms with Crippen molar-refractivity contribution in [2.24, 2.45) is 0 Å². The van der Waals surface area contributed by atoms with Crippen molar-refractivity contribution in [1.29, 1.82) is 0 Å². The van der Waals surface area contributed by atoms with Crippen molar-refractivity contribution < 1.29 is 14.1 Å². The van der Waals surface area contributed by atoms with Gasteiger partial charge < -0.3 is 10.3 Å². The Morgan fingerprint density at radius 1 is 1.50 bits per heavy atom. The van der Waals surface area contributed by atoms with Crippen LogP contribution in [-0.4, -0.2) is 27.3 Å². The molecule has 0 saturated carbocycles. The number of halogens is 1. The number of carbonyl (C=O) groups excluding carboxylic acids is 1. The Balaban J connectivity index is 1.98. The van der Waals surface area contributed by atoms with Gasteiger partial charge in [0.2, 0.25) is 5.82 Å². The fourth-order valence-electron chi connectivity index (χ4n) is 1.63. The van der Waals surface area contributed by atoms with Crippen molar-refractivity contribution in [3.63, 3.8) is 0 Å². The molecule has 2 aromatic rings. The molecule has 2 N–H and O–H groups in total. The van der Waals surface area contributed by atoms with Gasteiger partial charge in [-0.3, -0.25) is 14.9 Å². The number of aromatic nitrogens is 2. The highest BCUT2D eigenvalue weighted by Gasteiger charge is 2.17. The van der Waals surface area contributed by atoms with E-state index < -0.39 is 22.3 Å². The lowest BCUT2D eigenvalue weighted by atomic mass is 10.2. The molecule has 104 valence electrons. The van der Waals surface area contributed by atoms with Crippen LogP contribution in [0.2, 0.25) is 0 Å². The summed E-state index contributed by atoms with van der Waals surface area (Å²) in [5, 5.41) is 13.2. The molecule has 0 fully saturated rings. The molecular formula is C12H11FN4O3. The number of imidazole rings is 1. The van der Waals surface area contributed by atoms with Crippen LogP contribution in [0.25, 0.3) is 0 Å². The summed E-state index contributed by atoms with van der Waals surface area (Å²) < 4.78 is 13.1. The zero-order valence-electron chi connectivity index (χ0n) is 10.3. The number of carbonyl (C=O) groups is 1. The Hall–Kier alpha value is -2.77. The number of amides is 1. The van der Waals surface area contributed by atoms with E-state index in [0.29, 0.717) is 13.0 Å². The molecule has 0 saturated heterocycles. The highest BCUT2D eigenvalue weighted by atomic mass is 19.1. The first-order valence-electron chi connectivity index (χ1n) is 5.78. The van der Waals surface area contributed by atoms with Crippen LogP contribution in [-0.2, 0) is 6.42 Å². The van der Waals surface area contributed by atoms with Gasteiger partial charge >= 0.3 is 5.69 Å². The first kappa shape index (κ1) is 13.7. The van der Waals surface area contributed by atoms with Gasteiger partial charge in [-0.05, 0) is 12.1 Å². The molecule has 1 heterocycles. The lowest BCUT2D eigenvalue weighted by molar-refractivity contribution is -0.387. The zero-order valence-corrected chi connectivity index (χ0v) is 10.3. The van der Waals surface area contributed by atoms with Crippen LogP contribution >= 0.6 is 0 Å². The predicted molar refractivity (Wildman–Crippen MR) is 67.7 cm³/mol. The number of nitro benzene ring substituents is 1. The van der Waals surface area contributed by atoms with Crippen molar-refractivity contribution in [2.45, 2.75) is 6.42 Å². The van der Waals surface area contributed by atoms with Crippen LogP contribution < -0.4 is 5.32 Å². The monoisotopic (exact) mass is 278 g/mol. The minimum Gasteiger partial charge on any atom is -0.352 e. The third-order valence-electron chi connectivity index (χ3n) is 2.61. The van der Waals surface area contributed by atoms with Crippen molar-refractivity contribution in [3.8, 4) is 0 Å². The van der Waals surface area contributed by atoms with Gasteiger partial charge in [0.1, 0.15) is 5.82 Å². The lowest BCUT2D eigenvalue weighted by Gasteiger charge is -2.04. The van der Waals surface area contributed by atoms with Gasteiger partial charge in [-0.1, -0.05) is 0 Å². The van der Waals surface area contributed by atoms with Crippen LogP contribution in [0.1, 0.15) is 16.2 Å². The molecule has 1 amide bonds. The van der Waals surface area contributed by atoms with Gasteiger partial charge in [0, 0.05) is 37.0 Å². The van der Waals surface area contributed by atoms with Crippen LogP contribution in [0.5, 0.6) is 0 Å². The summed E-state index contributed by atoms with van der Waals surface area (Å²) in [6.45, 7) is 0.317. The Bertz CT molecular complexity index is 628. The molecule has 0 bridgehead atoms. The number of nitrogens with one attached hydrogen (secondary N) is 2. The average Bonchev–Trinajstić information content (AvgIpc) is 2.92. The minimum atomic E-state index is -0.970. The number of nitrogens with zero attached hydrogens (tertiary/aromatic N) is 2. The number of hydrogen-bond donors (Lipinski definition) is 2. The van der Waals surface area contributed by atoms with Crippen LogP contribution in [0.4, 0.5) is 10.1 Å². The second-order valence-electron chi connectivity index (χ2n) is 3.97. The molecule has 0 radical (unpaired) electrons. The molecule has 2 rings (SSSR count). The molecule has 0 atom stereocenters. The second-order valence-corrected chi connectivity index (χ2v) is 3.97. The van der Waals surface area contributed by atoms with E-state index in [9.17, 15) is 19.3 Å². The molecular weight excluding hydrogens is 267 g/mol. The summed E-state index contributed by atoms with van der Waals surface area (Å²) in [5.74, 6) is -0.753. The summed E-state index contributed by atoms with van der Waals surface area (Å²) in [4.78, 5) is 28.4. The number of hydrogen-bond acceptors (Lipinski definition) is 4. The van der Waals surface area contributed by atoms with Crippen LogP contribution in [0, 0.1) is 15.9 Å². The molecule has 0 aliphatic rings. The fourth-order valence-corrected chi connectivity index (χ4v) is 1.63. The molecule has 20 heavy (non-hydrogen) atoms. The van der Waals surface area contributed by atoms with Gasteiger partial charge in [0.05, 0.1) is 4.92 Å². The summed E-state index contributed by atoms with van der Waals surface area (Å²) in [6, 6.07) is 3.02. The quantitative estimate of drug-likeness (QED) is 0.638. The molecule has 0 aliphatic carbocycles.